The standard InChI is InChI=1S/C23H27ClF3N3O4S/c1-4-12-28-22(32)16(2)29(14-17-8-6-5-7-9-17)21(31)15-30(35(3,33)34)20-13-18(23(25,26)27)10-11-19(20)24/h5-11,13,16H,4,12,14-15H2,1-3H3,(H,28,32). The maximum atomic E-state index is 13.4. The predicted octanol–water partition coefficient (Wildman–Crippen LogP) is 4.07. The fourth-order valence-corrected chi connectivity index (χ4v) is 4.36. The lowest BCUT2D eigenvalue weighted by Gasteiger charge is -2.31. The molecule has 0 aliphatic heterocycles. The summed E-state index contributed by atoms with van der Waals surface area (Å²) in [5.74, 6) is -1.23. The van der Waals surface area contributed by atoms with Gasteiger partial charge in [-0.05, 0) is 37.1 Å². The third-order valence-electron chi connectivity index (χ3n) is 5.13. The zero-order valence-electron chi connectivity index (χ0n) is 19.5. The predicted molar refractivity (Wildman–Crippen MR) is 128 cm³/mol. The van der Waals surface area contributed by atoms with Gasteiger partial charge in [0, 0.05) is 13.1 Å². The molecule has 192 valence electrons. The molecule has 2 aromatic carbocycles. The van der Waals surface area contributed by atoms with Crippen LogP contribution in [0, 0.1) is 0 Å². The Hall–Kier alpha value is -2.79. The van der Waals surface area contributed by atoms with Crippen LogP contribution in [0.4, 0.5) is 18.9 Å². The summed E-state index contributed by atoms with van der Waals surface area (Å²) in [5, 5.41) is 2.41. The van der Waals surface area contributed by atoms with Gasteiger partial charge in [-0.1, -0.05) is 48.9 Å². The summed E-state index contributed by atoms with van der Waals surface area (Å²) in [6, 6.07) is 9.96. The van der Waals surface area contributed by atoms with Crippen LogP contribution in [0.5, 0.6) is 0 Å². The first kappa shape index (κ1) is 28.4. The molecule has 7 nitrogen and oxygen atoms in total. The summed E-state index contributed by atoms with van der Waals surface area (Å²) in [6.45, 7) is 2.87. The summed E-state index contributed by atoms with van der Waals surface area (Å²) < 4.78 is 65.4. The van der Waals surface area contributed by atoms with Crippen LogP contribution in [0.15, 0.2) is 48.5 Å². The summed E-state index contributed by atoms with van der Waals surface area (Å²) in [5.41, 5.74) is -0.925. The van der Waals surface area contributed by atoms with Crippen LogP contribution < -0.4 is 9.62 Å². The zero-order chi connectivity index (χ0) is 26.4. The number of benzene rings is 2. The van der Waals surface area contributed by atoms with E-state index in [-0.39, 0.29) is 11.6 Å². The summed E-state index contributed by atoms with van der Waals surface area (Å²) in [7, 11) is -4.23. The second kappa shape index (κ2) is 11.8. The highest BCUT2D eigenvalue weighted by molar-refractivity contribution is 7.92. The number of hydrogen-bond donors (Lipinski definition) is 1. The molecule has 1 atom stereocenters. The highest BCUT2D eigenvalue weighted by Crippen LogP contribution is 2.36. The summed E-state index contributed by atoms with van der Waals surface area (Å²) in [6.07, 6.45) is -3.32. The zero-order valence-corrected chi connectivity index (χ0v) is 21.0. The van der Waals surface area contributed by atoms with Gasteiger partial charge in [0.25, 0.3) is 0 Å². The van der Waals surface area contributed by atoms with Gasteiger partial charge in [-0.15, -0.1) is 0 Å². The van der Waals surface area contributed by atoms with Gasteiger partial charge >= 0.3 is 6.18 Å². The molecule has 0 saturated heterocycles. The van der Waals surface area contributed by atoms with E-state index in [1.807, 2.05) is 6.92 Å². The van der Waals surface area contributed by atoms with Gasteiger partial charge < -0.3 is 10.2 Å². The van der Waals surface area contributed by atoms with Gasteiger partial charge in [0.1, 0.15) is 12.6 Å². The van der Waals surface area contributed by atoms with Crippen molar-refractivity contribution < 1.29 is 31.2 Å². The Labute approximate surface area is 207 Å². The van der Waals surface area contributed by atoms with Crippen molar-refractivity contribution in [2.45, 2.75) is 39.0 Å². The molecule has 1 unspecified atom stereocenters. The van der Waals surface area contributed by atoms with Crippen molar-refractivity contribution in [2.24, 2.45) is 0 Å². The molecule has 12 heteroatoms. The molecular weight excluding hydrogens is 507 g/mol. The molecule has 0 bridgehead atoms. The van der Waals surface area contributed by atoms with E-state index in [0.29, 0.717) is 28.9 Å². The lowest BCUT2D eigenvalue weighted by atomic mass is 10.1. The highest BCUT2D eigenvalue weighted by Gasteiger charge is 2.34. The maximum Gasteiger partial charge on any atom is 0.416 e. The van der Waals surface area contributed by atoms with Crippen molar-refractivity contribution in [3.63, 3.8) is 0 Å². The van der Waals surface area contributed by atoms with E-state index in [4.69, 9.17) is 11.6 Å². The van der Waals surface area contributed by atoms with Gasteiger partial charge in [-0.2, -0.15) is 13.2 Å². The molecule has 2 aromatic rings. The number of nitrogens with one attached hydrogen (secondary N) is 1. The highest BCUT2D eigenvalue weighted by atomic mass is 35.5. The van der Waals surface area contributed by atoms with E-state index in [1.54, 1.807) is 30.3 Å². The van der Waals surface area contributed by atoms with Crippen molar-refractivity contribution in [1.82, 2.24) is 10.2 Å². The fraction of sp³-hybridized carbons (Fsp3) is 0.391. The molecule has 0 heterocycles. The SMILES string of the molecule is CCCNC(=O)C(C)N(Cc1ccccc1)C(=O)CN(c1cc(C(F)(F)F)ccc1Cl)S(C)(=O)=O. The van der Waals surface area contributed by atoms with Gasteiger partial charge in [0.2, 0.25) is 21.8 Å². The third-order valence-corrected chi connectivity index (χ3v) is 6.58. The number of anilines is 1. The molecule has 0 aliphatic carbocycles. The van der Waals surface area contributed by atoms with Crippen LogP contribution >= 0.6 is 11.6 Å². The topological polar surface area (TPSA) is 86.8 Å². The van der Waals surface area contributed by atoms with Gasteiger partial charge in [-0.3, -0.25) is 13.9 Å². The average Bonchev–Trinajstić information content (AvgIpc) is 2.78. The number of amides is 2. The van der Waals surface area contributed by atoms with E-state index < -0.39 is 51.9 Å². The molecule has 35 heavy (non-hydrogen) atoms. The molecule has 0 aliphatic rings. The van der Waals surface area contributed by atoms with E-state index >= 15 is 0 Å². The Morgan fingerprint density at radius 3 is 2.29 bits per heavy atom. The van der Waals surface area contributed by atoms with Crippen LogP contribution in [0.1, 0.15) is 31.4 Å². The summed E-state index contributed by atoms with van der Waals surface area (Å²) >= 11 is 6.05. The minimum absolute atomic E-state index is 0.0195. The van der Waals surface area contributed by atoms with Crippen LogP contribution in [-0.2, 0) is 32.3 Å². The molecule has 1 N–H and O–H groups in total. The number of nitrogens with zero attached hydrogens (tertiary/aromatic N) is 2. The number of rotatable bonds is 10. The van der Waals surface area contributed by atoms with E-state index in [1.165, 1.54) is 11.8 Å². The minimum Gasteiger partial charge on any atom is -0.354 e. The van der Waals surface area contributed by atoms with E-state index in [0.717, 1.165) is 18.4 Å². The second-order valence-electron chi connectivity index (χ2n) is 7.91. The van der Waals surface area contributed by atoms with Crippen LogP contribution in [0.2, 0.25) is 5.02 Å². The third kappa shape index (κ3) is 7.86. The van der Waals surface area contributed by atoms with Crippen molar-refractivity contribution in [2.75, 3.05) is 23.7 Å². The second-order valence-corrected chi connectivity index (χ2v) is 10.2. The van der Waals surface area contributed by atoms with Crippen molar-refractivity contribution >= 4 is 39.1 Å². The number of carbonyl (C=O) groups excluding carboxylic acids is 2. The molecule has 0 fully saturated rings. The van der Waals surface area contributed by atoms with Gasteiger partial charge in [0.15, 0.2) is 0 Å². The Balaban J connectivity index is 2.46. The first-order valence-electron chi connectivity index (χ1n) is 10.7. The molecule has 0 aromatic heterocycles. The van der Waals surface area contributed by atoms with E-state index in [2.05, 4.69) is 5.32 Å². The fourth-order valence-electron chi connectivity index (χ4n) is 3.23. The average molecular weight is 534 g/mol. The smallest absolute Gasteiger partial charge is 0.354 e. The van der Waals surface area contributed by atoms with Crippen LogP contribution in [0.25, 0.3) is 0 Å². The number of alkyl halides is 3. The number of halogens is 4. The Morgan fingerprint density at radius 2 is 1.74 bits per heavy atom. The lowest BCUT2D eigenvalue weighted by Crippen LogP contribution is -2.51. The van der Waals surface area contributed by atoms with Gasteiger partial charge in [0.05, 0.1) is 22.5 Å². The lowest BCUT2D eigenvalue weighted by molar-refractivity contribution is -0.139. The van der Waals surface area contributed by atoms with Crippen molar-refractivity contribution in [3.8, 4) is 0 Å². The quantitative estimate of drug-likeness (QED) is 0.499. The maximum absolute atomic E-state index is 13.4. The number of hydrogen-bond acceptors (Lipinski definition) is 4. The Bertz CT molecular complexity index is 1140. The summed E-state index contributed by atoms with van der Waals surface area (Å²) in [4.78, 5) is 27.2. The van der Waals surface area contributed by atoms with Crippen molar-refractivity contribution in [1.29, 1.82) is 0 Å². The molecule has 0 radical (unpaired) electrons. The molecule has 0 saturated carbocycles. The van der Waals surface area contributed by atoms with Gasteiger partial charge in [-0.25, -0.2) is 8.42 Å². The largest absolute Gasteiger partial charge is 0.416 e. The van der Waals surface area contributed by atoms with Crippen LogP contribution in [-0.4, -0.2) is 50.5 Å². The molecule has 2 amide bonds. The minimum atomic E-state index is -4.75. The first-order chi connectivity index (χ1) is 16.3. The Kier molecular flexibility index (Phi) is 9.56. The normalized spacial score (nSPS) is 12.7. The number of sulfonamides is 1. The molecule has 0 spiro atoms. The first-order valence-corrected chi connectivity index (χ1v) is 12.9. The molecule has 2 rings (SSSR count). The Morgan fingerprint density at radius 1 is 1.11 bits per heavy atom. The molecular formula is C23H27ClF3N3O4S. The van der Waals surface area contributed by atoms with Crippen LogP contribution in [0.3, 0.4) is 0 Å². The van der Waals surface area contributed by atoms with E-state index in [9.17, 15) is 31.2 Å². The number of carbonyl (C=O) groups is 2. The van der Waals surface area contributed by atoms with Crippen molar-refractivity contribution in [3.05, 3.63) is 64.7 Å². The monoisotopic (exact) mass is 533 g/mol.